The zero-order valence-corrected chi connectivity index (χ0v) is 28.9. The maximum Gasteiger partial charge on any atom is 0.407 e. The topological polar surface area (TPSA) is 115 Å². The number of nitrogens with zero attached hydrogens (tertiary/aromatic N) is 3. The van der Waals surface area contributed by atoms with E-state index in [2.05, 4.69) is 39.4 Å². The number of hydrogen-bond acceptors (Lipinski definition) is 7. The van der Waals surface area contributed by atoms with Gasteiger partial charge >= 0.3 is 12.0 Å². The molecule has 4 rings (SSSR count). The van der Waals surface area contributed by atoms with Gasteiger partial charge in [-0.2, -0.15) is 8.78 Å². The number of ether oxygens (including phenoxy) is 2. The van der Waals surface area contributed by atoms with Crippen LogP contribution < -0.4 is 10.6 Å². The minimum atomic E-state index is -3.10. The number of aryl methyl sites for hydroxylation is 1. The summed E-state index contributed by atoms with van der Waals surface area (Å²) in [6, 6.07) is 9.52. The van der Waals surface area contributed by atoms with Crippen molar-refractivity contribution in [2.24, 2.45) is 5.92 Å². The van der Waals surface area contributed by atoms with E-state index in [1.54, 1.807) is 6.07 Å². The Kier molecular flexibility index (Phi) is 14.0. The van der Waals surface area contributed by atoms with Crippen molar-refractivity contribution in [3.63, 3.8) is 0 Å². The van der Waals surface area contributed by atoms with Gasteiger partial charge in [-0.15, -0.1) is 0 Å². The Morgan fingerprint density at radius 1 is 1.02 bits per heavy atom. The van der Waals surface area contributed by atoms with E-state index >= 15 is 0 Å². The van der Waals surface area contributed by atoms with Gasteiger partial charge in [0.2, 0.25) is 0 Å². The molecule has 1 saturated heterocycles. The second kappa shape index (κ2) is 17.4. The zero-order chi connectivity index (χ0) is 34.6. The molecule has 1 fully saturated rings. The van der Waals surface area contributed by atoms with Gasteiger partial charge < -0.3 is 20.1 Å². The molecule has 3 aromatic rings. The molecular formula is C36H55F2N5O4. The van der Waals surface area contributed by atoms with Crippen molar-refractivity contribution in [3.8, 4) is 0 Å². The van der Waals surface area contributed by atoms with Crippen LogP contribution in [0.25, 0.3) is 10.9 Å². The lowest BCUT2D eigenvalue weighted by Crippen LogP contribution is -2.39. The Morgan fingerprint density at radius 3 is 2.23 bits per heavy atom. The highest BCUT2D eigenvalue weighted by atomic mass is 19.3. The molecule has 0 spiro atoms. The minimum absolute atomic E-state index is 0. The van der Waals surface area contributed by atoms with Crippen LogP contribution in [0.4, 0.5) is 13.6 Å². The highest BCUT2D eigenvalue weighted by Crippen LogP contribution is 2.32. The van der Waals surface area contributed by atoms with Gasteiger partial charge in [-0.3, -0.25) is 9.78 Å². The van der Waals surface area contributed by atoms with Crippen molar-refractivity contribution < 1.29 is 30.7 Å². The van der Waals surface area contributed by atoms with E-state index in [4.69, 9.17) is 9.47 Å². The van der Waals surface area contributed by atoms with Crippen LogP contribution in [0.15, 0.2) is 42.7 Å². The molecule has 3 heterocycles. The van der Waals surface area contributed by atoms with Crippen LogP contribution in [0.2, 0.25) is 0 Å². The first-order chi connectivity index (χ1) is 22.2. The third-order valence-corrected chi connectivity index (χ3v) is 7.92. The van der Waals surface area contributed by atoms with Crippen molar-refractivity contribution in [2.45, 2.75) is 110 Å². The van der Waals surface area contributed by atoms with E-state index in [9.17, 15) is 18.4 Å². The molecule has 0 saturated carbocycles. The molecule has 1 atom stereocenters. The molecule has 2 N–H and O–H groups in total. The lowest BCUT2D eigenvalue weighted by atomic mass is 9.82. The average molecular weight is 660 g/mol. The largest absolute Gasteiger partial charge is 0.444 e. The number of benzene rings is 1. The third-order valence-electron chi connectivity index (χ3n) is 7.92. The number of halogens is 2. The zero-order valence-electron chi connectivity index (χ0n) is 28.9. The summed E-state index contributed by atoms with van der Waals surface area (Å²) in [4.78, 5) is 36.8. The third kappa shape index (κ3) is 12.1. The normalized spacial score (nSPS) is 14.7. The molecule has 2 amide bonds. The van der Waals surface area contributed by atoms with E-state index in [1.807, 2.05) is 52.0 Å². The molecule has 47 heavy (non-hydrogen) atoms. The molecule has 2 aromatic heterocycles. The van der Waals surface area contributed by atoms with Gasteiger partial charge in [0.05, 0.1) is 5.52 Å². The van der Waals surface area contributed by atoms with Gasteiger partial charge in [0, 0.05) is 70.5 Å². The smallest absolute Gasteiger partial charge is 0.407 e. The molecule has 262 valence electrons. The quantitative estimate of drug-likeness (QED) is 0.213. The molecule has 11 heteroatoms. The minimum Gasteiger partial charge on any atom is -0.444 e. The SMILES string of the molecule is CCCC(CCC)NC(=O)OC(C)(C)C.Cc1ccc2c(C(=O)NCC(c3cnc(C(C)(F)F)nc3)C3CCOCC3)cccc2n1.[HH].[HH]. The van der Waals surface area contributed by atoms with Crippen molar-refractivity contribution in [2.75, 3.05) is 19.8 Å². The van der Waals surface area contributed by atoms with Crippen molar-refractivity contribution in [1.82, 2.24) is 25.6 Å². The summed E-state index contributed by atoms with van der Waals surface area (Å²) in [5, 5.41) is 6.74. The van der Waals surface area contributed by atoms with Crippen LogP contribution in [0, 0.1) is 12.8 Å². The number of nitrogens with one attached hydrogen (secondary N) is 2. The summed E-state index contributed by atoms with van der Waals surface area (Å²) in [6.45, 7) is 14.2. The molecule has 1 unspecified atom stereocenters. The number of pyridine rings is 1. The standard InChI is InChI=1S/C24H26F2N4O2.C12H25NO2.2H2/c1-15-6-7-18-19(4-3-5-21(18)30-15)22(31)27-14-20(16-8-10-32-11-9-16)17-12-28-23(29-13-17)24(2,25)26;1-6-8-10(9-7-2)13-11(14)15-12(3,4)5;;/h3-7,12-13,16,20H,8-11,14H2,1-2H3,(H,27,31);10H,6-9H2,1-5H3,(H,13,14);2*1H. The highest BCUT2D eigenvalue weighted by molar-refractivity contribution is 6.06. The molecular weight excluding hydrogens is 604 g/mol. The number of amides is 2. The Balaban J connectivity index is 0.000000605. The first-order valence-corrected chi connectivity index (χ1v) is 16.6. The van der Waals surface area contributed by atoms with Crippen LogP contribution in [-0.4, -0.2) is 58.4 Å². The lowest BCUT2D eigenvalue weighted by Gasteiger charge is -2.30. The van der Waals surface area contributed by atoms with Crippen molar-refractivity contribution >= 4 is 22.9 Å². The van der Waals surface area contributed by atoms with Crippen molar-refractivity contribution in [1.29, 1.82) is 0 Å². The summed E-state index contributed by atoms with van der Waals surface area (Å²) in [5.74, 6) is -3.66. The number of aromatic nitrogens is 3. The fourth-order valence-corrected chi connectivity index (χ4v) is 5.64. The Hall–Kier alpha value is -3.73. The molecule has 9 nitrogen and oxygen atoms in total. The predicted molar refractivity (Wildman–Crippen MR) is 184 cm³/mol. The predicted octanol–water partition coefficient (Wildman–Crippen LogP) is 8.36. The van der Waals surface area contributed by atoms with E-state index in [0.717, 1.165) is 67.6 Å². The Morgan fingerprint density at radius 2 is 1.66 bits per heavy atom. The fourth-order valence-electron chi connectivity index (χ4n) is 5.64. The summed E-state index contributed by atoms with van der Waals surface area (Å²) in [5.41, 5.74) is 2.53. The summed E-state index contributed by atoms with van der Waals surface area (Å²) in [6.07, 6.45) is 8.47. The van der Waals surface area contributed by atoms with Crippen LogP contribution in [0.1, 0.15) is 116 Å². The van der Waals surface area contributed by atoms with Crippen LogP contribution in [0.3, 0.4) is 0 Å². The number of carbonyl (C=O) groups is 2. The highest BCUT2D eigenvalue weighted by Gasteiger charge is 2.30. The van der Waals surface area contributed by atoms with Crippen molar-refractivity contribution in [3.05, 3.63) is 65.4 Å². The van der Waals surface area contributed by atoms with E-state index in [-0.39, 0.29) is 32.7 Å². The maximum atomic E-state index is 13.5. The number of rotatable bonds is 11. The Labute approximate surface area is 280 Å². The maximum absolute atomic E-state index is 13.5. The number of fused-ring (bicyclic) bond motifs is 1. The molecule has 0 radical (unpaired) electrons. The second-order valence-electron chi connectivity index (χ2n) is 13.2. The monoisotopic (exact) mass is 659 g/mol. The fraction of sp³-hybridized carbons (Fsp3) is 0.583. The lowest BCUT2D eigenvalue weighted by molar-refractivity contribution is 0.00753. The van der Waals surface area contributed by atoms with Gasteiger partial charge in [0.25, 0.3) is 5.91 Å². The molecule has 1 aliphatic rings. The molecule has 0 bridgehead atoms. The van der Waals surface area contributed by atoms with E-state index in [0.29, 0.717) is 25.3 Å². The number of hydrogen-bond donors (Lipinski definition) is 2. The summed E-state index contributed by atoms with van der Waals surface area (Å²) >= 11 is 0. The first kappa shape index (κ1) is 37.7. The van der Waals surface area contributed by atoms with E-state index in [1.165, 1.54) is 12.4 Å². The Bertz CT molecular complexity index is 1440. The number of carbonyl (C=O) groups excluding carboxylic acids is 2. The molecule has 1 aliphatic heterocycles. The summed E-state index contributed by atoms with van der Waals surface area (Å²) < 4.78 is 37.8. The van der Waals surface area contributed by atoms with Crippen LogP contribution in [-0.2, 0) is 15.4 Å². The van der Waals surface area contributed by atoms with Crippen LogP contribution in [0.5, 0.6) is 0 Å². The van der Waals surface area contributed by atoms with E-state index < -0.39 is 17.3 Å². The van der Waals surface area contributed by atoms with Gasteiger partial charge in [-0.05, 0) is 83.1 Å². The second-order valence-corrected chi connectivity index (χ2v) is 13.2. The average Bonchev–Trinajstić information content (AvgIpc) is 3.00. The van der Waals surface area contributed by atoms with Gasteiger partial charge in [-0.1, -0.05) is 38.8 Å². The first-order valence-electron chi connectivity index (χ1n) is 16.6. The molecule has 0 aliphatic carbocycles. The van der Waals surface area contributed by atoms with Gasteiger partial charge in [0.15, 0.2) is 5.82 Å². The molecule has 1 aromatic carbocycles. The van der Waals surface area contributed by atoms with Crippen LogP contribution >= 0.6 is 0 Å². The number of alkyl carbamates (subject to hydrolysis) is 1. The number of alkyl halides is 2. The van der Waals surface area contributed by atoms with Gasteiger partial charge in [0.1, 0.15) is 5.60 Å². The summed E-state index contributed by atoms with van der Waals surface area (Å²) in [7, 11) is 0. The van der Waals surface area contributed by atoms with Gasteiger partial charge in [-0.25, -0.2) is 14.8 Å².